The summed E-state index contributed by atoms with van der Waals surface area (Å²) >= 11 is 0. The highest BCUT2D eigenvalue weighted by molar-refractivity contribution is 5.76. The van der Waals surface area contributed by atoms with Crippen LogP contribution in [-0.2, 0) is 11.3 Å². The minimum Gasteiger partial charge on any atom is -0.341 e. The third-order valence-corrected chi connectivity index (χ3v) is 3.63. The maximum absolute atomic E-state index is 12.1. The number of rotatable bonds is 3. The fraction of sp³-hybridized carbons (Fsp3) is 0.692. The molecule has 4 heteroatoms. The standard InChI is InChI=1S/C13H21N3O/c1-11(2)12-4-3-6-16(8-12)13(17)9-15-7-5-14-10-15/h5,7,10-12H,3-4,6,8-9H2,1-2H3/t12-/m1/s1. The zero-order chi connectivity index (χ0) is 12.3. The Balaban J connectivity index is 1.91. The van der Waals surface area contributed by atoms with Crippen LogP contribution in [0.5, 0.6) is 0 Å². The van der Waals surface area contributed by atoms with Crippen LogP contribution in [0.15, 0.2) is 18.7 Å². The van der Waals surface area contributed by atoms with Gasteiger partial charge in [-0.05, 0) is 24.7 Å². The van der Waals surface area contributed by atoms with Crippen molar-refractivity contribution in [1.29, 1.82) is 0 Å². The van der Waals surface area contributed by atoms with Crippen molar-refractivity contribution >= 4 is 5.91 Å². The van der Waals surface area contributed by atoms with Gasteiger partial charge >= 0.3 is 0 Å². The van der Waals surface area contributed by atoms with E-state index in [1.807, 2.05) is 15.7 Å². The molecule has 4 nitrogen and oxygen atoms in total. The van der Waals surface area contributed by atoms with E-state index < -0.39 is 0 Å². The molecule has 0 N–H and O–H groups in total. The third kappa shape index (κ3) is 3.08. The quantitative estimate of drug-likeness (QED) is 0.801. The molecule has 1 aliphatic rings. The number of piperidine rings is 1. The second-order valence-electron chi connectivity index (χ2n) is 5.22. The predicted octanol–water partition coefficient (Wildman–Crippen LogP) is 1.78. The molecular weight excluding hydrogens is 214 g/mol. The molecule has 0 saturated carbocycles. The number of imidazole rings is 1. The summed E-state index contributed by atoms with van der Waals surface area (Å²) in [5.41, 5.74) is 0. The van der Waals surface area contributed by atoms with Crippen LogP contribution in [-0.4, -0.2) is 33.4 Å². The van der Waals surface area contributed by atoms with Crippen molar-refractivity contribution < 1.29 is 4.79 Å². The summed E-state index contributed by atoms with van der Waals surface area (Å²) in [7, 11) is 0. The fourth-order valence-corrected chi connectivity index (χ4v) is 2.42. The molecule has 1 aliphatic heterocycles. The number of nitrogens with zero attached hydrogens (tertiary/aromatic N) is 3. The molecule has 1 amide bonds. The molecule has 17 heavy (non-hydrogen) atoms. The number of hydrogen-bond donors (Lipinski definition) is 0. The highest BCUT2D eigenvalue weighted by atomic mass is 16.2. The molecule has 0 aromatic carbocycles. The second kappa shape index (κ2) is 5.34. The zero-order valence-electron chi connectivity index (χ0n) is 10.7. The van der Waals surface area contributed by atoms with E-state index >= 15 is 0 Å². The van der Waals surface area contributed by atoms with Crippen LogP contribution in [0.2, 0.25) is 0 Å². The molecular formula is C13H21N3O. The monoisotopic (exact) mass is 235 g/mol. The van der Waals surface area contributed by atoms with Gasteiger partial charge in [-0.2, -0.15) is 0 Å². The number of carbonyl (C=O) groups excluding carboxylic acids is 1. The van der Waals surface area contributed by atoms with E-state index in [4.69, 9.17) is 0 Å². The molecule has 0 bridgehead atoms. The van der Waals surface area contributed by atoms with Crippen molar-refractivity contribution in [2.75, 3.05) is 13.1 Å². The van der Waals surface area contributed by atoms with E-state index in [1.165, 1.54) is 6.42 Å². The van der Waals surface area contributed by atoms with E-state index in [0.717, 1.165) is 19.5 Å². The lowest BCUT2D eigenvalue weighted by molar-refractivity contribution is -0.134. The summed E-state index contributed by atoms with van der Waals surface area (Å²) in [5.74, 6) is 1.54. The lowest BCUT2D eigenvalue weighted by atomic mass is 9.88. The SMILES string of the molecule is CC(C)[C@@H]1CCCN(C(=O)Cn2ccnc2)C1. The van der Waals surface area contributed by atoms with Gasteiger partial charge in [0.2, 0.25) is 5.91 Å². The van der Waals surface area contributed by atoms with Crippen molar-refractivity contribution in [3.8, 4) is 0 Å². The third-order valence-electron chi connectivity index (χ3n) is 3.63. The Hall–Kier alpha value is -1.32. The number of hydrogen-bond acceptors (Lipinski definition) is 2. The van der Waals surface area contributed by atoms with Gasteiger partial charge in [-0.3, -0.25) is 4.79 Å². The van der Waals surface area contributed by atoms with Crippen LogP contribution in [0.3, 0.4) is 0 Å². The molecule has 1 aromatic heterocycles. The number of likely N-dealkylation sites (tertiary alicyclic amines) is 1. The topological polar surface area (TPSA) is 38.1 Å². The van der Waals surface area contributed by atoms with Crippen LogP contribution < -0.4 is 0 Å². The molecule has 1 fully saturated rings. The summed E-state index contributed by atoms with van der Waals surface area (Å²) in [6, 6.07) is 0. The average molecular weight is 235 g/mol. The number of carbonyl (C=O) groups is 1. The minimum absolute atomic E-state index is 0.216. The average Bonchev–Trinajstić information content (AvgIpc) is 2.82. The Morgan fingerprint density at radius 2 is 2.35 bits per heavy atom. The molecule has 94 valence electrons. The lowest BCUT2D eigenvalue weighted by Gasteiger charge is -2.34. The van der Waals surface area contributed by atoms with E-state index in [9.17, 15) is 4.79 Å². The van der Waals surface area contributed by atoms with Gasteiger partial charge in [0, 0.05) is 25.5 Å². The Morgan fingerprint density at radius 3 is 3.00 bits per heavy atom. The molecule has 1 saturated heterocycles. The Labute approximate surface area is 103 Å². The molecule has 0 aliphatic carbocycles. The molecule has 0 unspecified atom stereocenters. The van der Waals surface area contributed by atoms with Gasteiger partial charge in [0.05, 0.1) is 6.33 Å². The number of amides is 1. The summed E-state index contributed by atoms with van der Waals surface area (Å²) in [4.78, 5) is 18.1. The van der Waals surface area contributed by atoms with E-state index in [2.05, 4.69) is 18.8 Å². The summed E-state index contributed by atoms with van der Waals surface area (Å²) in [5, 5.41) is 0. The van der Waals surface area contributed by atoms with Gasteiger partial charge in [-0.25, -0.2) is 4.98 Å². The fourth-order valence-electron chi connectivity index (χ4n) is 2.42. The summed E-state index contributed by atoms with van der Waals surface area (Å²) < 4.78 is 1.83. The first kappa shape index (κ1) is 12.1. The highest BCUT2D eigenvalue weighted by Gasteiger charge is 2.25. The first-order valence-electron chi connectivity index (χ1n) is 6.40. The summed E-state index contributed by atoms with van der Waals surface area (Å²) in [6.45, 7) is 6.75. The van der Waals surface area contributed by atoms with Crippen LogP contribution in [0.25, 0.3) is 0 Å². The van der Waals surface area contributed by atoms with Crippen molar-refractivity contribution in [2.45, 2.75) is 33.2 Å². The van der Waals surface area contributed by atoms with E-state index in [-0.39, 0.29) is 5.91 Å². The van der Waals surface area contributed by atoms with Gasteiger partial charge in [0.25, 0.3) is 0 Å². The van der Waals surface area contributed by atoms with E-state index in [1.54, 1.807) is 12.5 Å². The first-order valence-corrected chi connectivity index (χ1v) is 6.40. The predicted molar refractivity (Wildman–Crippen MR) is 66.4 cm³/mol. The molecule has 2 rings (SSSR count). The van der Waals surface area contributed by atoms with Gasteiger partial charge < -0.3 is 9.47 Å². The molecule has 0 spiro atoms. The normalized spacial score (nSPS) is 20.9. The Bertz CT molecular complexity index is 359. The van der Waals surface area contributed by atoms with Crippen LogP contribution >= 0.6 is 0 Å². The maximum Gasteiger partial charge on any atom is 0.242 e. The highest BCUT2D eigenvalue weighted by Crippen LogP contribution is 2.23. The van der Waals surface area contributed by atoms with Gasteiger partial charge in [-0.15, -0.1) is 0 Å². The second-order valence-corrected chi connectivity index (χ2v) is 5.22. The van der Waals surface area contributed by atoms with Gasteiger partial charge in [0.1, 0.15) is 6.54 Å². The smallest absolute Gasteiger partial charge is 0.242 e. The molecule has 0 radical (unpaired) electrons. The Kier molecular flexibility index (Phi) is 3.82. The minimum atomic E-state index is 0.216. The van der Waals surface area contributed by atoms with Crippen LogP contribution in [0, 0.1) is 11.8 Å². The van der Waals surface area contributed by atoms with Crippen LogP contribution in [0.1, 0.15) is 26.7 Å². The van der Waals surface area contributed by atoms with Crippen LogP contribution in [0.4, 0.5) is 0 Å². The molecule has 1 atom stereocenters. The van der Waals surface area contributed by atoms with Crippen molar-refractivity contribution in [3.05, 3.63) is 18.7 Å². The largest absolute Gasteiger partial charge is 0.341 e. The van der Waals surface area contributed by atoms with Gasteiger partial charge in [0.15, 0.2) is 0 Å². The van der Waals surface area contributed by atoms with Crippen molar-refractivity contribution in [3.63, 3.8) is 0 Å². The summed E-state index contributed by atoms with van der Waals surface area (Å²) in [6.07, 6.45) is 7.63. The van der Waals surface area contributed by atoms with Crippen molar-refractivity contribution in [1.82, 2.24) is 14.5 Å². The zero-order valence-corrected chi connectivity index (χ0v) is 10.7. The molecule has 1 aromatic rings. The van der Waals surface area contributed by atoms with Crippen molar-refractivity contribution in [2.24, 2.45) is 11.8 Å². The first-order chi connectivity index (χ1) is 8.16. The lowest BCUT2D eigenvalue weighted by Crippen LogP contribution is -2.42. The van der Waals surface area contributed by atoms with E-state index in [0.29, 0.717) is 18.4 Å². The molecule has 2 heterocycles. The van der Waals surface area contributed by atoms with Gasteiger partial charge in [-0.1, -0.05) is 13.8 Å². The maximum atomic E-state index is 12.1. The number of aromatic nitrogens is 2. The Morgan fingerprint density at radius 1 is 1.53 bits per heavy atom.